The fraction of sp³-hybridized carbons (Fsp3) is 0.800. The molecule has 0 aliphatic carbocycles. The van der Waals surface area contributed by atoms with Gasteiger partial charge in [0.25, 0.3) is 0 Å². The van der Waals surface area contributed by atoms with Crippen molar-refractivity contribution in [1.82, 2.24) is 10.2 Å². The summed E-state index contributed by atoms with van der Waals surface area (Å²) in [6.45, 7) is 0.145. The lowest BCUT2D eigenvalue weighted by Crippen LogP contribution is -2.58. The predicted octanol–water partition coefficient (Wildman–Crippen LogP) is 0.629. The first-order valence-electron chi connectivity index (χ1n) is 5.78. The van der Waals surface area contributed by atoms with E-state index in [0.717, 1.165) is 12.0 Å². The molecule has 0 amide bonds. The average Bonchev–Trinajstić information content (AvgIpc) is 2.37. The minimum Gasteiger partial charge on any atom is -0.475 e. The van der Waals surface area contributed by atoms with Crippen LogP contribution in [-0.4, -0.2) is 73.6 Å². The summed E-state index contributed by atoms with van der Waals surface area (Å²) in [4.78, 5) is 20.9. The van der Waals surface area contributed by atoms with Crippen LogP contribution >= 0.6 is 0 Å². The normalized spacial score (nSPS) is 19.9. The van der Waals surface area contributed by atoms with Gasteiger partial charge in [-0.05, 0) is 0 Å². The van der Waals surface area contributed by atoms with E-state index in [4.69, 9.17) is 9.90 Å². The van der Waals surface area contributed by atoms with Crippen molar-refractivity contribution in [3.63, 3.8) is 0 Å². The number of alkyl halides is 6. The number of carboxylic acid groups (broad SMARTS) is 1. The molecule has 0 aromatic heterocycles. The van der Waals surface area contributed by atoms with Gasteiger partial charge in [0.15, 0.2) is 0 Å². The standard InChI is InChI=1S/C8H13F3N2O2.C2HF3O2/c1-15-7(14)5-13-3-2-12-4-6(13)8(9,10)11;3-2(4,5)1(6)7/h6,12H,2-5H2,1H3;(H,6,7)/t6-;/m1./s1. The van der Waals surface area contributed by atoms with E-state index in [1.165, 1.54) is 0 Å². The Balaban J connectivity index is 0.000000534. The Bertz CT molecular complexity index is 385. The molecule has 1 saturated heterocycles. The summed E-state index contributed by atoms with van der Waals surface area (Å²) in [6, 6.07) is -1.61. The molecule has 0 spiro atoms. The second-order valence-electron chi connectivity index (χ2n) is 4.11. The van der Waals surface area contributed by atoms with Crippen LogP contribution in [0.4, 0.5) is 26.3 Å². The summed E-state index contributed by atoms with van der Waals surface area (Å²) < 4.78 is 73.6. The summed E-state index contributed by atoms with van der Waals surface area (Å²) in [5.41, 5.74) is 0. The van der Waals surface area contributed by atoms with Gasteiger partial charge in [-0.3, -0.25) is 9.69 Å². The summed E-state index contributed by atoms with van der Waals surface area (Å²) in [5, 5.41) is 9.77. The monoisotopic (exact) mass is 340 g/mol. The number of aliphatic carboxylic acids is 1. The number of nitrogens with zero attached hydrogens (tertiary/aromatic N) is 1. The number of piperazine rings is 1. The Morgan fingerprint density at radius 3 is 2.14 bits per heavy atom. The molecule has 1 rings (SSSR count). The molecule has 0 radical (unpaired) electrons. The van der Waals surface area contributed by atoms with Gasteiger partial charge in [0.05, 0.1) is 13.7 Å². The molecule has 1 aliphatic rings. The lowest BCUT2D eigenvalue weighted by atomic mass is 10.2. The molecule has 1 fully saturated rings. The maximum atomic E-state index is 12.5. The summed E-state index contributed by atoms with van der Waals surface area (Å²) in [5.74, 6) is -3.40. The largest absolute Gasteiger partial charge is 0.490 e. The van der Waals surface area contributed by atoms with E-state index in [1.807, 2.05) is 0 Å². The van der Waals surface area contributed by atoms with Crippen molar-refractivity contribution in [2.45, 2.75) is 18.4 Å². The highest BCUT2D eigenvalue weighted by atomic mass is 19.4. The SMILES string of the molecule is COC(=O)CN1CCNC[C@@H]1C(F)(F)F.O=C(O)C(F)(F)F. The molecule has 130 valence electrons. The molecule has 1 atom stereocenters. The molecule has 0 unspecified atom stereocenters. The van der Waals surface area contributed by atoms with E-state index in [2.05, 4.69) is 10.1 Å². The molecular weight excluding hydrogens is 326 g/mol. The van der Waals surface area contributed by atoms with Gasteiger partial charge in [0.2, 0.25) is 0 Å². The first-order chi connectivity index (χ1) is 9.89. The van der Waals surface area contributed by atoms with Gasteiger partial charge in [-0.25, -0.2) is 4.79 Å². The number of hydrogen-bond donors (Lipinski definition) is 2. The lowest BCUT2D eigenvalue weighted by Gasteiger charge is -2.36. The number of esters is 1. The Morgan fingerprint density at radius 1 is 1.27 bits per heavy atom. The highest BCUT2D eigenvalue weighted by Crippen LogP contribution is 2.25. The lowest BCUT2D eigenvalue weighted by molar-refractivity contribution is -0.192. The molecule has 1 heterocycles. The van der Waals surface area contributed by atoms with Gasteiger partial charge < -0.3 is 15.2 Å². The van der Waals surface area contributed by atoms with E-state index in [-0.39, 0.29) is 19.6 Å². The molecule has 0 saturated carbocycles. The maximum Gasteiger partial charge on any atom is 0.490 e. The van der Waals surface area contributed by atoms with Crippen molar-refractivity contribution >= 4 is 11.9 Å². The maximum absolute atomic E-state index is 12.5. The third-order valence-electron chi connectivity index (χ3n) is 2.53. The number of carbonyl (C=O) groups is 2. The van der Waals surface area contributed by atoms with E-state index in [9.17, 15) is 31.1 Å². The zero-order valence-electron chi connectivity index (χ0n) is 11.3. The molecule has 0 aromatic carbocycles. The Morgan fingerprint density at radius 2 is 1.77 bits per heavy atom. The summed E-state index contributed by atoms with van der Waals surface area (Å²) >= 11 is 0. The van der Waals surface area contributed by atoms with Crippen molar-refractivity contribution in [2.75, 3.05) is 33.3 Å². The van der Waals surface area contributed by atoms with Crippen LogP contribution in [0.15, 0.2) is 0 Å². The van der Waals surface area contributed by atoms with Crippen LogP contribution in [0.2, 0.25) is 0 Å². The number of carboxylic acids is 1. The van der Waals surface area contributed by atoms with E-state index in [1.54, 1.807) is 0 Å². The Labute approximate surface area is 121 Å². The highest BCUT2D eigenvalue weighted by molar-refractivity contribution is 5.73. The third-order valence-corrected chi connectivity index (χ3v) is 2.53. The van der Waals surface area contributed by atoms with Crippen LogP contribution in [0.5, 0.6) is 0 Å². The molecule has 0 bridgehead atoms. The van der Waals surface area contributed by atoms with Crippen LogP contribution in [0.25, 0.3) is 0 Å². The van der Waals surface area contributed by atoms with Gasteiger partial charge in [-0.2, -0.15) is 26.3 Å². The summed E-state index contributed by atoms with van der Waals surface area (Å²) in [7, 11) is 1.16. The number of nitrogens with one attached hydrogen (secondary N) is 1. The number of ether oxygens (including phenoxy) is 1. The quantitative estimate of drug-likeness (QED) is 0.567. The van der Waals surface area contributed by atoms with E-state index < -0.39 is 30.3 Å². The van der Waals surface area contributed by atoms with Crippen LogP contribution in [-0.2, 0) is 14.3 Å². The van der Waals surface area contributed by atoms with Crippen molar-refractivity contribution < 1.29 is 45.8 Å². The van der Waals surface area contributed by atoms with Crippen molar-refractivity contribution in [3.8, 4) is 0 Å². The topological polar surface area (TPSA) is 78.9 Å². The van der Waals surface area contributed by atoms with Gasteiger partial charge in [0, 0.05) is 19.6 Å². The number of hydrogen-bond acceptors (Lipinski definition) is 5. The molecular formula is C10H14F6N2O4. The number of carbonyl (C=O) groups excluding carboxylic acids is 1. The predicted molar refractivity (Wildman–Crippen MR) is 60.0 cm³/mol. The van der Waals surface area contributed by atoms with Crippen LogP contribution in [0.3, 0.4) is 0 Å². The minimum absolute atomic E-state index is 0.180. The highest BCUT2D eigenvalue weighted by Gasteiger charge is 2.45. The minimum atomic E-state index is -5.08. The van der Waals surface area contributed by atoms with Gasteiger partial charge >= 0.3 is 24.3 Å². The molecule has 2 N–H and O–H groups in total. The first-order valence-corrected chi connectivity index (χ1v) is 5.78. The van der Waals surface area contributed by atoms with Crippen LogP contribution in [0, 0.1) is 0 Å². The van der Waals surface area contributed by atoms with Gasteiger partial charge in [-0.1, -0.05) is 0 Å². The molecule has 6 nitrogen and oxygen atoms in total. The fourth-order valence-electron chi connectivity index (χ4n) is 1.49. The first kappa shape index (κ1) is 20.4. The van der Waals surface area contributed by atoms with Gasteiger partial charge in [-0.15, -0.1) is 0 Å². The Hall–Kier alpha value is -1.56. The van der Waals surface area contributed by atoms with E-state index in [0.29, 0.717) is 6.54 Å². The smallest absolute Gasteiger partial charge is 0.475 e. The van der Waals surface area contributed by atoms with Gasteiger partial charge in [0.1, 0.15) is 6.04 Å². The van der Waals surface area contributed by atoms with Crippen LogP contribution in [0.1, 0.15) is 0 Å². The summed E-state index contributed by atoms with van der Waals surface area (Å²) in [6.07, 6.45) is -9.40. The molecule has 22 heavy (non-hydrogen) atoms. The molecule has 12 heteroatoms. The van der Waals surface area contributed by atoms with Crippen molar-refractivity contribution in [3.05, 3.63) is 0 Å². The number of rotatable bonds is 2. The zero-order valence-corrected chi connectivity index (χ0v) is 11.3. The number of methoxy groups -OCH3 is 1. The molecule has 0 aromatic rings. The van der Waals surface area contributed by atoms with Crippen molar-refractivity contribution in [1.29, 1.82) is 0 Å². The average molecular weight is 340 g/mol. The third kappa shape index (κ3) is 7.45. The van der Waals surface area contributed by atoms with Crippen LogP contribution < -0.4 is 5.32 Å². The second-order valence-corrected chi connectivity index (χ2v) is 4.11. The fourth-order valence-corrected chi connectivity index (χ4v) is 1.49. The Kier molecular flexibility index (Phi) is 7.59. The number of halogens is 6. The van der Waals surface area contributed by atoms with E-state index >= 15 is 0 Å². The van der Waals surface area contributed by atoms with Crippen molar-refractivity contribution in [2.24, 2.45) is 0 Å². The second kappa shape index (κ2) is 8.17. The zero-order chi connectivity index (χ0) is 17.6. The molecule has 1 aliphatic heterocycles.